The summed E-state index contributed by atoms with van der Waals surface area (Å²) in [7, 11) is 0. The van der Waals surface area contributed by atoms with E-state index in [0.29, 0.717) is 33.6 Å². The van der Waals surface area contributed by atoms with Gasteiger partial charge in [-0.05, 0) is 42.0 Å². The minimum atomic E-state index is -4.59. The van der Waals surface area contributed by atoms with Crippen molar-refractivity contribution in [3.05, 3.63) is 109 Å². The minimum absolute atomic E-state index is 0.0583. The molecule has 11 heteroatoms. The summed E-state index contributed by atoms with van der Waals surface area (Å²) in [6.07, 6.45) is -2.54. The highest BCUT2D eigenvalue weighted by molar-refractivity contribution is 6.35. The maximum atomic E-state index is 13.2. The fraction of sp³-hybridized carbons (Fsp3) is 0.0833. The van der Waals surface area contributed by atoms with E-state index >= 15 is 0 Å². The molecule has 0 aliphatic carbocycles. The smallest absolute Gasteiger partial charge is 0.417 e. The maximum absolute atomic E-state index is 13.2. The van der Waals surface area contributed by atoms with E-state index in [1.54, 1.807) is 24.3 Å². The fourth-order valence-electron chi connectivity index (χ4n) is 3.26. The van der Waals surface area contributed by atoms with Crippen molar-refractivity contribution in [3.63, 3.8) is 0 Å². The van der Waals surface area contributed by atoms with Crippen LogP contribution in [-0.2, 0) is 12.6 Å². The quantitative estimate of drug-likeness (QED) is 0.288. The second kappa shape index (κ2) is 9.81. The number of rotatable bonds is 5. The summed E-state index contributed by atoms with van der Waals surface area (Å²) in [5, 5.41) is 10.8. The summed E-state index contributed by atoms with van der Waals surface area (Å²) in [5.74, 6) is -0.253. The van der Waals surface area contributed by atoms with Gasteiger partial charge in [0.05, 0.1) is 16.8 Å². The average Bonchev–Trinajstić information content (AvgIpc) is 2.79. The summed E-state index contributed by atoms with van der Waals surface area (Å²) in [6, 6.07) is 13.1. The molecule has 0 atom stereocenters. The zero-order valence-corrected chi connectivity index (χ0v) is 19.8. The van der Waals surface area contributed by atoms with Gasteiger partial charge in [0.1, 0.15) is 16.5 Å². The van der Waals surface area contributed by atoms with Crippen LogP contribution in [0.15, 0.2) is 71.8 Å². The van der Waals surface area contributed by atoms with Gasteiger partial charge in [0, 0.05) is 34.9 Å². The normalized spacial score (nSPS) is 11.5. The Hall–Kier alpha value is -3.20. The monoisotopic (exact) mass is 540 g/mol. The number of halogens is 6. The van der Waals surface area contributed by atoms with Crippen LogP contribution in [0, 0.1) is 0 Å². The fourth-order valence-corrected chi connectivity index (χ4v) is 3.94. The molecule has 1 N–H and O–H groups in total. The van der Waals surface area contributed by atoms with E-state index < -0.39 is 17.3 Å². The number of alkyl halides is 3. The van der Waals surface area contributed by atoms with E-state index in [2.05, 4.69) is 4.98 Å². The molecular formula is C24H14Cl3F3N2O3. The minimum Gasteiger partial charge on any atom is -0.507 e. The molecule has 5 nitrogen and oxygen atoms in total. The molecule has 4 rings (SSSR count). The highest BCUT2D eigenvalue weighted by Crippen LogP contribution is 2.35. The second-order valence-electron chi connectivity index (χ2n) is 7.38. The number of hydrogen-bond donors (Lipinski definition) is 1. The van der Waals surface area contributed by atoms with E-state index in [9.17, 15) is 23.1 Å². The Kier molecular flexibility index (Phi) is 6.98. The third kappa shape index (κ3) is 5.56. The number of ether oxygens (including phenoxy) is 1. The highest BCUT2D eigenvalue weighted by Gasteiger charge is 2.31. The molecule has 2 heterocycles. The molecule has 0 bridgehead atoms. The third-order valence-electron chi connectivity index (χ3n) is 5.00. The van der Waals surface area contributed by atoms with Crippen LogP contribution in [0.25, 0.3) is 5.69 Å². The SMILES string of the molecule is O=c1c(Cc2ccc(Cl)cc2Cl)c(O)ccn1-c1cccc(Oc2ncc(C(F)(F)F)cc2Cl)c1. The maximum Gasteiger partial charge on any atom is 0.417 e. The van der Waals surface area contributed by atoms with Crippen molar-refractivity contribution < 1.29 is 23.0 Å². The molecule has 0 saturated heterocycles. The number of aromatic hydroxyl groups is 1. The lowest BCUT2D eigenvalue weighted by atomic mass is 10.1. The molecule has 0 aliphatic rings. The van der Waals surface area contributed by atoms with Crippen LogP contribution < -0.4 is 10.3 Å². The molecule has 0 unspecified atom stereocenters. The van der Waals surface area contributed by atoms with Gasteiger partial charge in [-0.25, -0.2) is 4.98 Å². The van der Waals surface area contributed by atoms with Gasteiger partial charge in [0.25, 0.3) is 5.56 Å². The Bertz CT molecular complexity index is 1470. The van der Waals surface area contributed by atoms with Crippen LogP contribution in [-0.4, -0.2) is 14.7 Å². The van der Waals surface area contributed by atoms with E-state index in [0.717, 1.165) is 0 Å². The number of hydrogen-bond acceptors (Lipinski definition) is 4. The van der Waals surface area contributed by atoms with Gasteiger partial charge in [-0.2, -0.15) is 13.2 Å². The summed E-state index contributed by atoms with van der Waals surface area (Å²) in [6.45, 7) is 0. The van der Waals surface area contributed by atoms with Crippen molar-refractivity contribution in [3.8, 4) is 23.1 Å². The van der Waals surface area contributed by atoms with Crippen molar-refractivity contribution in [2.75, 3.05) is 0 Å². The number of nitrogens with zero attached hydrogens (tertiary/aromatic N) is 2. The van der Waals surface area contributed by atoms with Gasteiger partial charge < -0.3 is 9.84 Å². The Morgan fingerprint density at radius 1 is 1.00 bits per heavy atom. The molecule has 0 radical (unpaired) electrons. The molecule has 35 heavy (non-hydrogen) atoms. The van der Waals surface area contributed by atoms with Gasteiger partial charge in [-0.3, -0.25) is 9.36 Å². The average molecular weight is 542 g/mol. The summed E-state index contributed by atoms with van der Waals surface area (Å²) < 4.78 is 45.4. The standard InChI is InChI=1S/C24H14Cl3F3N2O3/c25-15-5-4-13(19(26)10-15)8-18-21(33)6-7-32(23(18)34)16-2-1-3-17(11-16)35-22-20(27)9-14(12-31-22)24(28,29)30/h1-7,9-12,33H,8H2. The molecule has 2 aromatic carbocycles. The summed E-state index contributed by atoms with van der Waals surface area (Å²) >= 11 is 18.1. The molecule has 180 valence electrons. The van der Waals surface area contributed by atoms with Crippen LogP contribution in [0.4, 0.5) is 13.2 Å². The lowest BCUT2D eigenvalue weighted by Gasteiger charge is -2.13. The zero-order chi connectivity index (χ0) is 25.3. The highest BCUT2D eigenvalue weighted by atomic mass is 35.5. The first-order chi connectivity index (χ1) is 16.5. The van der Waals surface area contributed by atoms with Crippen LogP contribution in [0.5, 0.6) is 17.4 Å². The van der Waals surface area contributed by atoms with Gasteiger partial charge in [0.2, 0.25) is 5.88 Å². The van der Waals surface area contributed by atoms with E-state index in [4.69, 9.17) is 39.5 Å². The second-order valence-corrected chi connectivity index (χ2v) is 8.63. The first-order valence-corrected chi connectivity index (χ1v) is 11.0. The van der Waals surface area contributed by atoms with E-state index in [1.807, 2.05) is 0 Å². The molecule has 2 aromatic heterocycles. The van der Waals surface area contributed by atoms with Gasteiger partial charge in [-0.15, -0.1) is 0 Å². The molecule has 0 spiro atoms. The van der Waals surface area contributed by atoms with E-state index in [1.165, 1.54) is 35.0 Å². The Morgan fingerprint density at radius 3 is 2.46 bits per heavy atom. The first kappa shape index (κ1) is 24.9. The largest absolute Gasteiger partial charge is 0.507 e. The molecule has 0 amide bonds. The third-order valence-corrected chi connectivity index (χ3v) is 5.85. The zero-order valence-electron chi connectivity index (χ0n) is 17.5. The molecular weight excluding hydrogens is 528 g/mol. The Balaban J connectivity index is 1.66. The first-order valence-electron chi connectivity index (χ1n) is 9.91. The number of pyridine rings is 2. The van der Waals surface area contributed by atoms with Crippen LogP contribution in [0.2, 0.25) is 15.1 Å². The van der Waals surface area contributed by atoms with Crippen LogP contribution in [0.1, 0.15) is 16.7 Å². The molecule has 4 aromatic rings. The lowest BCUT2D eigenvalue weighted by molar-refractivity contribution is -0.137. The van der Waals surface area contributed by atoms with Crippen molar-refractivity contribution in [1.82, 2.24) is 9.55 Å². The van der Waals surface area contributed by atoms with Gasteiger partial charge in [-0.1, -0.05) is 46.9 Å². The molecule has 0 saturated carbocycles. The van der Waals surface area contributed by atoms with Crippen LogP contribution in [0.3, 0.4) is 0 Å². The van der Waals surface area contributed by atoms with Crippen molar-refractivity contribution >= 4 is 34.8 Å². The number of benzene rings is 2. The summed E-state index contributed by atoms with van der Waals surface area (Å²) in [5.41, 5.74) is -0.428. The van der Waals surface area contributed by atoms with Crippen molar-refractivity contribution in [2.45, 2.75) is 12.6 Å². The summed E-state index contributed by atoms with van der Waals surface area (Å²) in [4.78, 5) is 16.8. The van der Waals surface area contributed by atoms with Crippen LogP contribution >= 0.6 is 34.8 Å². The van der Waals surface area contributed by atoms with Crippen molar-refractivity contribution in [1.29, 1.82) is 0 Å². The Labute approximate surface area is 211 Å². The molecule has 0 aliphatic heterocycles. The molecule has 0 fully saturated rings. The van der Waals surface area contributed by atoms with E-state index in [-0.39, 0.29) is 34.4 Å². The van der Waals surface area contributed by atoms with Gasteiger partial charge >= 0.3 is 6.18 Å². The lowest BCUT2D eigenvalue weighted by Crippen LogP contribution is -2.22. The predicted octanol–water partition coefficient (Wildman–Crippen LogP) is 7.30. The number of aromatic nitrogens is 2. The predicted molar refractivity (Wildman–Crippen MR) is 127 cm³/mol. The Morgan fingerprint density at radius 2 is 1.77 bits per heavy atom. The van der Waals surface area contributed by atoms with Crippen molar-refractivity contribution in [2.24, 2.45) is 0 Å². The van der Waals surface area contributed by atoms with Gasteiger partial charge in [0.15, 0.2) is 0 Å². The topological polar surface area (TPSA) is 64.3 Å².